The summed E-state index contributed by atoms with van der Waals surface area (Å²) in [6, 6.07) is 6.03. The summed E-state index contributed by atoms with van der Waals surface area (Å²) in [5, 5.41) is 4.45. The number of hydrogen-bond acceptors (Lipinski definition) is 4. The lowest BCUT2D eigenvalue weighted by Crippen LogP contribution is -2.35. The Balaban J connectivity index is 1.51. The van der Waals surface area contributed by atoms with E-state index < -0.39 is 0 Å². The van der Waals surface area contributed by atoms with Gasteiger partial charge in [-0.2, -0.15) is 5.10 Å². The van der Waals surface area contributed by atoms with Crippen LogP contribution in [0.2, 0.25) is 0 Å². The van der Waals surface area contributed by atoms with Gasteiger partial charge >= 0.3 is 0 Å². The van der Waals surface area contributed by atoms with E-state index in [1.54, 1.807) is 0 Å². The zero-order valence-corrected chi connectivity index (χ0v) is 16.1. The molecule has 6 heteroatoms. The highest BCUT2D eigenvalue weighted by Gasteiger charge is 2.20. The van der Waals surface area contributed by atoms with Crippen molar-refractivity contribution in [2.24, 2.45) is 7.05 Å². The van der Waals surface area contributed by atoms with E-state index in [9.17, 15) is 4.79 Å². The van der Waals surface area contributed by atoms with Crippen LogP contribution in [0.5, 0.6) is 0 Å². The van der Waals surface area contributed by atoms with Crippen molar-refractivity contribution in [3.8, 4) is 0 Å². The van der Waals surface area contributed by atoms with E-state index in [-0.39, 0.29) is 5.91 Å². The number of amides is 1. The molecule has 6 nitrogen and oxygen atoms in total. The van der Waals surface area contributed by atoms with Gasteiger partial charge in [0.2, 0.25) is 5.91 Å². The van der Waals surface area contributed by atoms with Gasteiger partial charge in [0.25, 0.3) is 0 Å². The summed E-state index contributed by atoms with van der Waals surface area (Å²) in [5.41, 5.74) is 4.50. The average Bonchev–Trinajstić information content (AvgIpc) is 2.81. The normalized spacial score (nSPS) is 15.9. The highest BCUT2D eigenvalue weighted by Crippen LogP contribution is 2.15. The molecule has 26 heavy (non-hydrogen) atoms. The van der Waals surface area contributed by atoms with Crippen LogP contribution in [0.4, 0.5) is 0 Å². The van der Waals surface area contributed by atoms with Gasteiger partial charge in [-0.05, 0) is 44.4 Å². The zero-order chi connectivity index (χ0) is 18.5. The van der Waals surface area contributed by atoms with Crippen molar-refractivity contribution >= 4 is 5.91 Å². The van der Waals surface area contributed by atoms with Crippen LogP contribution in [0.25, 0.3) is 0 Å². The van der Waals surface area contributed by atoms with Crippen molar-refractivity contribution in [2.75, 3.05) is 26.2 Å². The van der Waals surface area contributed by atoms with Crippen LogP contribution in [0, 0.1) is 13.8 Å². The van der Waals surface area contributed by atoms with Crippen LogP contribution in [-0.2, 0) is 24.8 Å². The lowest BCUT2D eigenvalue weighted by atomic mass is 10.1. The Labute approximate surface area is 155 Å². The molecule has 1 aliphatic rings. The third-order valence-corrected chi connectivity index (χ3v) is 5.30. The average molecular weight is 355 g/mol. The van der Waals surface area contributed by atoms with Crippen LogP contribution < -0.4 is 0 Å². The summed E-state index contributed by atoms with van der Waals surface area (Å²) in [6.45, 7) is 8.53. The van der Waals surface area contributed by atoms with E-state index in [1.807, 2.05) is 41.9 Å². The number of nitrogens with zero attached hydrogens (tertiary/aromatic N) is 5. The summed E-state index contributed by atoms with van der Waals surface area (Å²) in [6.07, 6.45) is 4.20. The predicted molar refractivity (Wildman–Crippen MR) is 102 cm³/mol. The molecule has 0 N–H and O–H groups in total. The van der Waals surface area contributed by atoms with Crippen molar-refractivity contribution < 1.29 is 4.79 Å². The molecule has 0 atom stereocenters. The van der Waals surface area contributed by atoms with Crippen molar-refractivity contribution in [1.82, 2.24) is 24.6 Å². The number of aryl methyl sites for hydroxylation is 2. The van der Waals surface area contributed by atoms with Crippen LogP contribution >= 0.6 is 0 Å². The second kappa shape index (κ2) is 8.45. The lowest BCUT2D eigenvalue weighted by molar-refractivity contribution is -0.131. The van der Waals surface area contributed by atoms with Gasteiger partial charge in [0.05, 0.1) is 11.4 Å². The smallest absolute Gasteiger partial charge is 0.222 e. The van der Waals surface area contributed by atoms with E-state index in [1.165, 1.54) is 5.56 Å². The first kappa shape index (κ1) is 18.6. The van der Waals surface area contributed by atoms with E-state index in [0.29, 0.717) is 6.42 Å². The number of rotatable bonds is 5. The second-order valence-electron chi connectivity index (χ2n) is 7.10. The maximum absolute atomic E-state index is 12.7. The summed E-state index contributed by atoms with van der Waals surface area (Å²) in [7, 11) is 1.96. The molecule has 0 aromatic carbocycles. The molecule has 0 spiro atoms. The van der Waals surface area contributed by atoms with Gasteiger partial charge in [0.1, 0.15) is 0 Å². The van der Waals surface area contributed by atoms with Gasteiger partial charge in [-0.25, -0.2) is 0 Å². The minimum atomic E-state index is 0.257. The van der Waals surface area contributed by atoms with Crippen LogP contribution in [0.3, 0.4) is 0 Å². The van der Waals surface area contributed by atoms with Gasteiger partial charge in [-0.15, -0.1) is 0 Å². The molecular formula is C20H29N5O. The standard InChI is InChI=1S/C20H29N5O/c1-16-19(17(2)23(3)22-16)8-9-20(26)25-12-6-11-24(13-14-25)15-18-7-4-5-10-21-18/h4-5,7,10H,6,8-9,11-15H2,1-3H3. The van der Waals surface area contributed by atoms with Crippen LogP contribution in [0.1, 0.15) is 35.5 Å². The Morgan fingerprint density at radius 3 is 2.69 bits per heavy atom. The molecule has 0 aliphatic carbocycles. The summed E-state index contributed by atoms with van der Waals surface area (Å²) in [5.74, 6) is 0.257. The zero-order valence-electron chi connectivity index (χ0n) is 16.1. The molecule has 0 saturated carbocycles. The highest BCUT2D eigenvalue weighted by atomic mass is 16.2. The molecule has 2 aromatic heterocycles. The first-order valence-electron chi connectivity index (χ1n) is 9.43. The fourth-order valence-electron chi connectivity index (χ4n) is 3.67. The number of aromatic nitrogens is 3. The summed E-state index contributed by atoms with van der Waals surface area (Å²) < 4.78 is 1.90. The molecule has 0 radical (unpaired) electrons. The van der Waals surface area contributed by atoms with E-state index in [4.69, 9.17) is 0 Å². The molecule has 3 rings (SSSR count). The fourth-order valence-corrected chi connectivity index (χ4v) is 3.67. The Kier molecular flexibility index (Phi) is 6.04. The molecule has 3 heterocycles. The molecule has 0 unspecified atom stereocenters. The van der Waals surface area contributed by atoms with Crippen LogP contribution in [0.15, 0.2) is 24.4 Å². The quantitative estimate of drug-likeness (QED) is 0.824. The predicted octanol–water partition coefficient (Wildman–Crippen LogP) is 2.10. The maximum atomic E-state index is 12.7. The first-order valence-corrected chi connectivity index (χ1v) is 9.43. The largest absolute Gasteiger partial charge is 0.341 e. The summed E-state index contributed by atoms with van der Waals surface area (Å²) in [4.78, 5) is 21.5. The maximum Gasteiger partial charge on any atom is 0.222 e. The molecule has 2 aromatic rings. The van der Waals surface area contributed by atoms with Gasteiger partial charge in [-0.1, -0.05) is 6.07 Å². The molecule has 0 bridgehead atoms. The number of pyridine rings is 1. The van der Waals surface area contributed by atoms with Crippen LogP contribution in [-0.4, -0.2) is 56.7 Å². The van der Waals surface area contributed by atoms with E-state index in [2.05, 4.69) is 28.0 Å². The van der Waals surface area contributed by atoms with Gasteiger partial charge in [0, 0.05) is 58.1 Å². The molecule has 1 fully saturated rings. The Hall–Kier alpha value is -2.21. The molecule has 1 aliphatic heterocycles. The first-order chi connectivity index (χ1) is 12.5. The van der Waals surface area contributed by atoms with Crippen molar-refractivity contribution in [2.45, 2.75) is 39.7 Å². The number of carbonyl (C=O) groups excluding carboxylic acids is 1. The lowest BCUT2D eigenvalue weighted by Gasteiger charge is -2.22. The van der Waals surface area contributed by atoms with Crippen molar-refractivity contribution in [3.05, 3.63) is 47.0 Å². The Morgan fingerprint density at radius 1 is 1.15 bits per heavy atom. The monoisotopic (exact) mass is 355 g/mol. The third kappa shape index (κ3) is 4.49. The van der Waals surface area contributed by atoms with Crippen molar-refractivity contribution in [3.63, 3.8) is 0 Å². The third-order valence-electron chi connectivity index (χ3n) is 5.30. The molecular weight excluding hydrogens is 326 g/mol. The molecule has 140 valence electrons. The second-order valence-corrected chi connectivity index (χ2v) is 7.10. The van der Waals surface area contributed by atoms with E-state index in [0.717, 1.165) is 62.6 Å². The van der Waals surface area contributed by atoms with Gasteiger partial charge in [0.15, 0.2) is 0 Å². The summed E-state index contributed by atoms with van der Waals surface area (Å²) >= 11 is 0. The van der Waals surface area contributed by atoms with Gasteiger partial charge < -0.3 is 4.90 Å². The highest BCUT2D eigenvalue weighted by molar-refractivity contribution is 5.76. The fraction of sp³-hybridized carbons (Fsp3) is 0.550. The van der Waals surface area contributed by atoms with Gasteiger partial charge in [-0.3, -0.25) is 19.4 Å². The minimum Gasteiger partial charge on any atom is -0.341 e. The molecule has 1 amide bonds. The van der Waals surface area contributed by atoms with E-state index >= 15 is 0 Å². The minimum absolute atomic E-state index is 0.257. The van der Waals surface area contributed by atoms with Crippen molar-refractivity contribution in [1.29, 1.82) is 0 Å². The Bertz CT molecular complexity index is 740. The molecule has 1 saturated heterocycles. The number of carbonyl (C=O) groups is 1. The topological polar surface area (TPSA) is 54.3 Å². The Morgan fingerprint density at radius 2 is 2.00 bits per heavy atom. The SMILES string of the molecule is Cc1nn(C)c(C)c1CCC(=O)N1CCCN(Cc2ccccn2)CC1. The number of hydrogen-bond donors (Lipinski definition) is 0.